The van der Waals surface area contributed by atoms with Crippen LogP contribution >= 0.6 is 11.6 Å². The third-order valence-corrected chi connectivity index (χ3v) is 4.22. The molecule has 0 saturated heterocycles. The number of halogens is 1. The van der Waals surface area contributed by atoms with Crippen molar-refractivity contribution in [2.75, 3.05) is 13.2 Å². The Labute approximate surface area is 163 Å². The summed E-state index contributed by atoms with van der Waals surface area (Å²) < 4.78 is 16.7. The first-order valence-corrected chi connectivity index (χ1v) is 8.89. The largest absolute Gasteiger partial charge is 0.490 e. The van der Waals surface area contributed by atoms with Crippen molar-refractivity contribution < 1.29 is 19.0 Å². The molecule has 0 bridgehead atoms. The van der Waals surface area contributed by atoms with Crippen LogP contribution in [-0.2, 0) is 0 Å². The molecule has 0 atom stereocenters. The molecular weight excluding hydrogens is 364 g/mol. The van der Waals surface area contributed by atoms with E-state index in [1.807, 2.05) is 37.3 Å². The second-order valence-electron chi connectivity index (χ2n) is 5.81. The maximum atomic E-state index is 12.5. The number of aryl methyl sites for hydroxylation is 1. The van der Waals surface area contributed by atoms with E-state index >= 15 is 0 Å². The highest BCUT2D eigenvalue weighted by atomic mass is 35.5. The maximum absolute atomic E-state index is 12.5. The fraction of sp³-hybridized carbons (Fsp3) is 0.136. The SMILES string of the molecule is Cc1ccc(OC(=O)c2ccccc2OCCOc2ccccc2)cc1Cl. The molecule has 0 aliphatic carbocycles. The lowest BCUT2D eigenvalue weighted by atomic mass is 10.2. The van der Waals surface area contributed by atoms with Gasteiger partial charge in [-0.3, -0.25) is 0 Å². The Bertz CT molecular complexity index is 909. The summed E-state index contributed by atoms with van der Waals surface area (Å²) in [5.74, 6) is 1.09. The van der Waals surface area contributed by atoms with E-state index in [2.05, 4.69) is 0 Å². The van der Waals surface area contributed by atoms with E-state index in [1.54, 1.807) is 42.5 Å². The van der Waals surface area contributed by atoms with Gasteiger partial charge in [0.05, 0.1) is 0 Å². The Morgan fingerprint density at radius 2 is 1.56 bits per heavy atom. The highest BCUT2D eigenvalue weighted by molar-refractivity contribution is 6.31. The zero-order valence-corrected chi connectivity index (χ0v) is 15.6. The molecule has 0 aliphatic rings. The van der Waals surface area contributed by atoms with Crippen molar-refractivity contribution in [3.63, 3.8) is 0 Å². The Kier molecular flexibility index (Phi) is 6.34. The molecule has 138 valence electrons. The quantitative estimate of drug-likeness (QED) is 0.315. The van der Waals surface area contributed by atoms with E-state index in [9.17, 15) is 4.79 Å². The van der Waals surface area contributed by atoms with Gasteiger partial charge >= 0.3 is 5.97 Å². The molecule has 3 aromatic rings. The van der Waals surface area contributed by atoms with Crippen LogP contribution in [0.2, 0.25) is 5.02 Å². The Hall–Kier alpha value is -2.98. The Morgan fingerprint density at radius 3 is 2.33 bits per heavy atom. The van der Waals surface area contributed by atoms with Gasteiger partial charge in [0, 0.05) is 5.02 Å². The van der Waals surface area contributed by atoms with Crippen molar-refractivity contribution in [3.8, 4) is 17.2 Å². The number of ether oxygens (including phenoxy) is 3. The van der Waals surface area contributed by atoms with Crippen LogP contribution < -0.4 is 14.2 Å². The lowest BCUT2D eigenvalue weighted by molar-refractivity contribution is 0.0729. The molecule has 0 unspecified atom stereocenters. The molecule has 0 aliphatic heterocycles. The molecule has 0 saturated carbocycles. The van der Waals surface area contributed by atoms with Crippen molar-refractivity contribution in [1.82, 2.24) is 0 Å². The first-order chi connectivity index (χ1) is 13.1. The van der Waals surface area contributed by atoms with E-state index in [-0.39, 0.29) is 0 Å². The van der Waals surface area contributed by atoms with Gasteiger partial charge in [0.15, 0.2) is 0 Å². The molecule has 0 amide bonds. The van der Waals surface area contributed by atoms with Gasteiger partial charge < -0.3 is 14.2 Å². The molecule has 3 rings (SSSR count). The number of benzene rings is 3. The zero-order valence-electron chi connectivity index (χ0n) is 14.9. The number of rotatable bonds is 7. The second kappa shape index (κ2) is 9.10. The van der Waals surface area contributed by atoms with Crippen LogP contribution in [0, 0.1) is 6.92 Å². The number of para-hydroxylation sites is 2. The van der Waals surface area contributed by atoms with Crippen molar-refractivity contribution >= 4 is 17.6 Å². The summed E-state index contributed by atoms with van der Waals surface area (Å²) in [7, 11) is 0. The fourth-order valence-electron chi connectivity index (χ4n) is 2.39. The van der Waals surface area contributed by atoms with Gasteiger partial charge in [0.2, 0.25) is 0 Å². The first-order valence-electron chi connectivity index (χ1n) is 8.51. The average molecular weight is 383 g/mol. The van der Waals surface area contributed by atoms with Crippen molar-refractivity contribution in [2.24, 2.45) is 0 Å². The topological polar surface area (TPSA) is 44.8 Å². The Morgan fingerprint density at radius 1 is 0.852 bits per heavy atom. The van der Waals surface area contributed by atoms with Crippen LogP contribution in [0.5, 0.6) is 17.2 Å². The highest BCUT2D eigenvalue weighted by Gasteiger charge is 2.15. The monoisotopic (exact) mass is 382 g/mol. The number of hydrogen-bond acceptors (Lipinski definition) is 4. The summed E-state index contributed by atoms with van der Waals surface area (Å²) in [6.07, 6.45) is 0. The van der Waals surface area contributed by atoms with Gasteiger partial charge in [0.1, 0.15) is 36.0 Å². The van der Waals surface area contributed by atoms with Crippen LogP contribution in [0.1, 0.15) is 15.9 Å². The van der Waals surface area contributed by atoms with E-state index in [1.165, 1.54) is 0 Å². The van der Waals surface area contributed by atoms with Gasteiger partial charge in [-0.1, -0.05) is 48.0 Å². The summed E-state index contributed by atoms with van der Waals surface area (Å²) in [6, 6.07) is 21.5. The summed E-state index contributed by atoms with van der Waals surface area (Å²) in [6.45, 7) is 2.55. The predicted octanol–water partition coefficient (Wildman–Crippen LogP) is 5.33. The van der Waals surface area contributed by atoms with E-state index in [0.717, 1.165) is 11.3 Å². The normalized spacial score (nSPS) is 10.3. The van der Waals surface area contributed by atoms with Gasteiger partial charge in [-0.2, -0.15) is 0 Å². The highest BCUT2D eigenvalue weighted by Crippen LogP contribution is 2.24. The second-order valence-corrected chi connectivity index (χ2v) is 6.21. The number of carbonyl (C=O) groups excluding carboxylic acids is 1. The average Bonchev–Trinajstić information content (AvgIpc) is 2.69. The first kappa shape index (κ1) is 18.8. The third kappa shape index (κ3) is 5.25. The van der Waals surface area contributed by atoms with Crippen LogP contribution in [0.3, 0.4) is 0 Å². The van der Waals surface area contributed by atoms with E-state index < -0.39 is 5.97 Å². The number of carbonyl (C=O) groups is 1. The predicted molar refractivity (Wildman–Crippen MR) is 105 cm³/mol. The molecule has 27 heavy (non-hydrogen) atoms. The number of hydrogen-bond donors (Lipinski definition) is 0. The Balaban J connectivity index is 1.60. The smallest absolute Gasteiger partial charge is 0.347 e. The number of esters is 1. The molecule has 0 N–H and O–H groups in total. The van der Waals surface area contributed by atoms with Gasteiger partial charge in [-0.25, -0.2) is 4.79 Å². The van der Waals surface area contributed by atoms with Crippen LogP contribution in [0.4, 0.5) is 0 Å². The fourth-order valence-corrected chi connectivity index (χ4v) is 2.56. The third-order valence-electron chi connectivity index (χ3n) is 3.81. The van der Waals surface area contributed by atoms with Crippen molar-refractivity contribution in [1.29, 1.82) is 0 Å². The minimum Gasteiger partial charge on any atom is -0.490 e. The van der Waals surface area contributed by atoms with Gasteiger partial charge in [-0.15, -0.1) is 0 Å². The van der Waals surface area contributed by atoms with Crippen LogP contribution in [0.15, 0.2) is 72.8 Å². The summed E-state index contributed by atoms with van der Waals surface area (Å²) in [4.78, 5) is 12.5. The summed E-state index contributed by atoms with van der Waals surface area (Å²) in [5.41, 5.74) is 1.26. The zero-order chi connectivity index (χ0) is 19.1. The van der Waals surface area contributed by atoms with Gasteiger partial charge in [-0.05, 0) is 48.9 Å². The van der Waals surface area contributed by atoms with Crippen LogP contribution in [-0.4, -0.2) is 19.2 Å². The molecular formula is C22H19ClO4. The molecule has 4 nitrogen and oxygen atoms in total. The maximum Gasteiger partial charge on any atom is 0.347 e. The molecule has 3 aromatic carbocycles. The minimum absolute atomic E-state index is 0.301. The summed E-state index contributed by atoms with van der Waals surface area (Å²) in [5, 5.41) is 0.544. The van der Waals surface area contributed by atoms with E-state index in [4.69, 9.17) is 25.8 Å². The molecule has 5 heteroatoms. The molecule has 0 spiro atoms. The lowest BCUT2D eigenvalue weighted by Gasteiger charge is -2.12. The van der Waals surface area contributed by atoms with Crippen molar-refractivity contribution in [2.45, 2.75) is 6.92 Å². The summed E-state index contributed by atoms with van der Waals surface area (Å²) >= 11 is 6.08. The molecule has 0 radical (unpaired) electrons. The standard InChI is InChI=1S/C22H19ClO4/c1-16-11-12-18(15-20(16)23)27-22(24)19-9-5-6-10-21(19)26-14-13-25-17-7-3-2-4-8-17/h2-12,15H,13-14H2,1H3. The molecule has 0 aromatic heterocycles. The molecule has 0 heterocycles. The lowest BCUT2D eigenvalue weighted by Crippen LogP contribution is -2.14. The van der Waals surface area contributed by atoms with Crippen molar-refractivity contribution in [3.05, 3.63) is 88.9 Å². The van der Waals surface area contributed by atoms with E-state index in [0.29, 0.717) is 35.3 Å². The van der Waals surface area contributed by atoms with Gasteiger partial charge in [0.25, 0.3) is 0 Å². The van der Waals surface area contributed by atoms with Crippen LogP contribution in [0.25, 0.3) is 0 Å². The minimum atomic E-state index is -0.505. The molecule has 0 fully saturated rings.